The fraction of sp³-hybridized carbons (Fsp3) is 0.250. The number of thiazole rings is 1. The Hall–Kier alpha value is -3.36. The van der Waals surface area contributed by atoms with E-state index < -0.39 is 0 Å². The molecule has 0 atom stereocenters. The van der Waals surface area contributed by atoms with Crippen LogP contribution in [0.15, 0.2) is 71.5 Å². The van der Waals surface area contributed by atoms with Crippen molar-refractivity contribution in [2.24, 2.45) is 0 Å². The number of hydrogen-bond donors (Lipinski definition) is 0. The van der Waals surface area contributed by atoms with E-state index in [4.69, 9.17) is 4.98 Å². The topological polar surface area (TPSA) is 71.3 Å². The first-order valence-corrected chi connectivity index (χ1v) is 11.5. The molecule has 3 heterocycles. The van der Waals surface area contributed by atoms with Gasteiger partial charge in [-0.3, -0.25) is 14.5 Å². The normalized spacial score (nSPS) is 14.7. The van der Waals surface area contributed by atoms with Gasteiger partial charge in [0.25, 0.3) is 11.5 Å². The number of rotatable bonds is 5. The van der Waals surface area contributed by atoms with Crippen LogP contribution in [0.4, 0.5) is 0 Å². The number of carbonyl (C=O) groups excluding carboxylic acids is 1. The molecule has 162 valence electrons. The first-order valence-electron chi connectivity index (χ1n) is 10.6. The lowest BCUT2D eigenvalue weighted by Gasteiger charge is -2.34. The fourth-order valence-electron chi connectivity index (χ4n) is 3.88. The zero-order valence-electron chi connectivity index (χ0n) is 17.6. The molecule has 1 saturated heterocycles. The van der Waals surface area contributed by atoms with Gasteiger partial charge in [0.2, 0.25) is 0 Å². The predicted molar refractivity (Wildman–Crippen MR) is 125 cm³/mol. The Morgan fingerprint density at radius 1 is 0.875 bits per heavy atom. The number of hydrogen-bond acceptors (Lipinski definition) is 6. The summed E-state index contributed by atoms with van der Waals surface area (Å²) < 4.78 is 2.55. The molecule has 2 aromatic heterocycles. The summed E-state index contributed by atoms with van der Waals surface area (Å²) in [5.41, 5.74) is 2.10. The van der Waals surface area contributed by atoms with Gasteiger partial charge in [-0.05, 0) is 23.8 Å². The standard InChI is InChI=1S/C24H23N5O2S/c30-23-11-10-20(26-29(23)16-18-6-2-1-3-7-18)24(31)28-14-12-27(13-15-28)17-22-25-19-8-4-5-9-21(19)32-22/h1-11H,12-17H2. The second-order valence-electron chi connectivity index (χ2n) is 7.84. The van der Waals surface area contributed by atoms with Crippen LogP contribution < -0.4 is 5.56 Å². The molecule has 0 spiro atoms. The van der Waals surface area contributed by atoms with Gasteiger partial charge >= 0.3 is 0 Å². The van der Waals surface area contributed by atoms with Gasteiger partial charge in [0.1, 0.15) is 10.7 Å². The van der Waals surface area contributed by atoms with Crippen LogP contribution in [0.5, 0.6) is 0 Å². The number of piperazine rings is 1. The van der Waals surface area contributed by atoms with Crippen molar-refractivity contribution in [1.82, 2.24) is 24.6 Å². The second-order valence-corrected chi connectivity index (χ2v) is 8.96. The highest BCUT2D eigenvalue weighted by Crippen LogP contribution is 2.23. The number of aromatic nitrogens is 3. The average Bonchev–Trinajstić information content (AvgIpc) is 3.23. The van der Waals surface area contributed by atoms with Gasteiger partial charge < -0.3 is 4.90 Å². The van der Waals surface area contributed by atoms with E-state index in [1.807, 2.05) is 53.4 Å². The minimum atomic E-state index is -0.217. The summed E-state index contributed by atoms with van der Waals surface area (Å²) in [5, 5.41) is 5.44. The first kappa shape index (κ1) is 20.5. The van der Waals surface area contributed by atoms with Crippen LogP contribution in [0.1, 0.15) is 21.1 Å². The molecular formula is C24H23N5O2S. The zero-order valence-corrected chi connectivity index (χ0v) is 18.4. The van der Waals surface area contributed by atoms with Crippen LogP contribution in [-0.2, 0) is 13.1 Å². The lowest BCUT2D eigenvalue weighted by Crippen LogP contribution is -2.48. The molecule has 0 N–H and O–H groups in total. The Morgan fingerprint density at radius 2 is 1.62 bits per heavy atom. The minimum Gasteiger partial charge on any atom is -0.335 e. The van der Waals surface area contributed by atoms with Crippen molar-refractivity contribution in [2.45, 2.75) is 13.1 Å². The molecule has 1 aliphatic heterocycles. The van der Waals surface area contributed by atoms with Crippen molar-refractivity contribution >= 4 is 27.5 Å². The van der Waals surface area contributed by atoms with E-state index in [9.17, 15) is 9.59 Å². The number of nitrogens with zero attached hydrogens (tertiary/aromatic N) is 5. The molecule has 1 fully saturated rings. The maximum Gasteiger partial charge on any atom is 0.274 e. The van der Waals surface area contributed by atoms with Gasteiger partial charge in [-0.2, -0.15) is 5.10 Å². The molecule has 4 aromatic rings. The maximum absolute atomic E-state index is 13.0. The lowest BCUT2D eigenvalue weighted by molar-refractivity contribution is 0.0620. The molecular weight excluding hydrogens is 422 g/mol. The number of amides is 1. The molecule has 0 radical (unpaired) electrons. The summed E-state index contributed by atoms with van der Waals surface area (Å²) in [6, 6.07) is 20.8. The number of carbonyl (C=O) groups is 1. The summed E-state index contributed by atoms with van der Waals surface area (Å²) in [7, 11) is 0. The van der Waals surface area contributed by atoms with Gasteiger partial charge in [-0.15, -0.1) is 11.3 Å². The van der Waals surface area contributed by atoms with E-state index in [1.54, 1.807) is 11.3 Å². The maximum atomic E-state index is 13.0. The molecule has 8 heteroatoms. The molecule has 5 rings (SSSR count). The zero-order chi connectivity index (χ0) is 21.9. The van der Waals surface area contributed by atoms with Crippen LogP contribution in [0.3, 0.4) is 0 Å². The second kappa shape index (κ2) is 9.02. The molecule has 0 aliphatic carbocycles. The molecule has 32 heavy (non-hydrogen) atoms. The lowest BCUT2D eigenvalue weighted by atomic mass is 10.2. The van der Waals surface area contributed by atoms with E-state index in [-0.39, 0.29) is 11.5 Å². The Labute approximate surface area is 189 Å². The molecule has 2 aromatic carbocycles. The van der Waals surface area contributed by atoms with Crippen LogP contribution in [0.2, 0.25) is 0 Å². The van der Waals surface area contributed by atoms with Crippen molar-refractivity contribution < 1.29 is 4.79 Å². The van der Waals surface area contributed by atoms with E-state index in [1.165, 1.54) is 21.5 Å². The smallest absolute Gasteiger partial charge is 0.274 e. The third kappa shape index (κ3) is 4.46. The van der Waals surface area contributed by atoms with Crippen molar-refractivity contribution in [2.75, 3.05) is 26.2 Å². The molecule has 0 bridgehead atoms. The van der Waals surface area contributed by atoms with Crippen LogP contribution >= 0.6 is 11.3 Å². The molecule has 0 saturated carbocycles. The molecule has 0 unspecified atom stereocenters. The van der Waals surface area contributed by atoms with Crippen molar-refractivity contribution in [1.29, 1.82) is 0 Å². The minimum absolute atomic E-state index is 0.133. The molecule has 7 nitrogen and oxygen atoms in total. The van der Waals surface area contributed by atoms with Gasteiger partial charge in [0.15, 0.2) is 0 Å². The molecule has 1 amide bonds. The SMILES string of the molecule is O=C(c1ccc(=O)n(Cc2ccccc2)n1)N1CCN(Cc2nc3ccccc3s2)CC1. The quantitative estimate of drug-likeness (QED) is 0.472. The summed E-state index contributed by atoms with van der Waals surface area (Å²) in [6.45, 7) is 3.96. The Morgan fingerprint density at radius 3 is 2.41 bits per heavy atom. The highest BCUT2D eigenvalue weighted by molar-refractivity contribution is 7.18. The monoisotopic (exact) mass is 445 g/mol. The van der Waals surface area contributed by atoms with E-state index >= 15 is 0 Å². The molecule has 1 aliphatic rings. The summed E-state index contributed by atoms with van der Waals surface area (Å²) in [4.78, 5) is 34.1. The highest BCUT2D eigenvalue weighted by atomic mass is 32.1. The third-order valence-corrected chi connectivity index (χ3v) is 6.64. The Balaban J connectivity index is 1.22. The van der Waals surface area contributed by atoms with Crippen LogP contribution in [0.25, 0.3) is 10.2 Å². The largest absolute Gasteiger partial charge is 0.335 e. The summed E-state index contributed by atoms with van der Waals surface area (Å²) in [5.74, 6) is -0.133. The number of para-hydroxylation sites is 1. The van der Waals surface area contributed by atoms with Crippen LogP contribution in [-0.4, -0.2) is 56.7 Å². The summed E-state index contributed by atoms with van der Waals surface area (Å²) >= 11 is 1.72. The Kier molecular flexibility index (Phi) is 5.79. The van der Waals surface area contributed by atoms with Crippen LogP contribution in [0, 0.1) is 0 Å². The van der Waals surface area contributed by atoms with Gasteiger partial charge in [0.05, 0.1) is 23.3 Å². The third-order valence-electron chi connectivity index (χ3n) is 5.62. The van der Waals surface area contributed by atoms with E-state index in [0.717, 1.165) is 35.7 Å². The van der Waals surface area contributed by atoms with Gasteiger partial charge in [-0.1, -0.05) is 42.5 Å². The van der Waals surface area contributed by atoms with Gasteiger partial charge in [-0.25, -0.2) is 9.67 Å². The summed E-state index contributed by atoms with van der Waals surface area (Å²) in [6.07, 6.45) is 0. The first-order chi connectivity index (χ1) is 15.7. The van der Waals surface area contributed by atoms with E-state index in [0.29, 0.717) is 25.3 Å². The fourth-order valence-corrected chi connectivity index (χ4v) is 4.89. The predicted octanol–water partition coefficient (Wildman–Crippen LogP) is 2.86. The number of fused-ring (bicyclic) bond motifs is 1. The van der Waals surface area contributed by atoms with Gasteiger partial charge in [0, 0.05) is 32.2 Å². The van der Waals surface area contributed by atoms with Crippen molar-refractivity contribution in [3.8, 4) is 0 Å². The highest BCUT2D eigenvalue weighted by Gasteiger charge is 2.24. The van der Waals surface area contributed by atoms with Crippen molar-refractivity contribution in [3.05, 3.63) is 93.3 Å². The number of benzene rings is 2. The average molecular weight is 446 g/mol. The van der Waals surface area contributed by atoms with Crippen molar-refractivity contribution in [3.63, 3.8) is 0 Å². The Bertz CT molecular complexity index is 1260. The van der Waals surface area contributed by atoms with E-state index in [2.05, 4.69) is 16.1 Å².